The summed E-state index contributed by atoms with van der Waals surface area (Å²) in [5, 5.41) is 15.2. The third kappa shape index (κ3) is 4.57. The zero-order valence-electron chi connectivity index (χ0n) is 19.0. The average molecular weight is 440 g/mol. The number of ether oxygens (including phenoxy) is 4. The van der Waals surface area contributed by atoms with Crippen LogP contribution >= 0.6 is 0 Å². The number of nitrogens with one attached hydrogen (secondary N) is 1. The molecule has 0 unspecified atom stereocenters. The topological polar surface area (TPSA) is 86.3 Å². The summed E-state index contributed by atoms with van der Waals surface area (Å²) >= 11 is 0. The molecule has 0 saturated carbocycles. The van der Waals surface area contributed by atoms with E-state index in [9.17, 15) is 9.90 Å². The zero-order chi connectivity index (χ0) is 23.3. The summed E-state index contributed by atoms with van der Waals surface area (Å²) in [5.41, 5.74) is 1.41. The summed E-state index contributed by atoms with van der Waals surface area (Å²) in [6.45, 7) is 1.90. The van der Waals surface area contributed by atoms with E-state index >= 15 is 0 Å². The number of amides is 1. The minimum atomic E-state index is -1.12. The van der Waals surface area contributed by atoms with E-state index in [0.29, 0.717) is 39.3 Å². The van der Waals surface area contributed by atoms with Gasteiger partial charge in [-0.25, -0.2) is 0 Å². The molecule has 0 saturated heterocycles. The van der Waals surface area contributed by atoms with Crippen LogP contribution in [0.3, 0.4) is 0 Å². The lowest BCUT2D eigenvalue weighted by Gasteiger charge is -2.22. The van der Waals surface area contributed by atoms with Crippen molar-refractivity contribution in [2.75, 3.05) is 28.4 Å². The molecule has 0 aliphatic carbocycles. The lowest BCUT2D eigenvalue weighted by molar-refractivity contribution is -0.123. The van der Waals surface area contributed by atoms with Crippen LogP contribution in [0.25, 0.3) is 10.8 Å². The standard InChI is InChI=1S/C25H29NO6/c1-15(16-9-7-6-8-10-16)26-22(28)14-18(27)17-13-21(31-4)23-19(29-2)11-12-20(30-3)24(23)25(17)32-5/h6-13,15,18,27H,14H2,1-5H3,(H,26,28)/t15-,18-/m0/s1. The van der Waals surface area contributed by atoms with Gasteiger partial charge in [0.1, 0.15) is 23.0 Å². The van der Waals surface area contributed by atoms with Gasteiger partial charge in [0, 0.05) is 5.56 Å². The van der Waals surface area contributed by atoms with Gasteiger partial charge in [-0.2, -0.15) is 0 Å². The lowest BCUT2D eigenvalue weighted by Crippen LogP contribution is -2.28. The predicted octanol–water partition coefficient (Wildman–Crippen LogP) is 4.18. The average Bonchev–Trinajstić information content (AvgIpc) is 2.82. The summed E-state index contributed by atoms with van der Waals surface area (Å²) in [5.74, 6) is 1.70. The van der Waals surface area contributed by atoms with Gasteiger partial charge in [0.05, 0.1) is 57.8 Å². The smallest absolute Gasteiger partial charge is 0.223 e. The van der Waals surface area contributed by atoms with Gasteiger partial charge < -0.3 is 29.4 Å². The summed E-state index contributed by atoms with van der Waals surface area (Å²) in [4.78, 5) is 12.7. The minimum Gasteiger partial charge on any atom is -0.496 e. The number of carbonyl (C=O) groups is 1. The molecule has 0 radical (unpaired) electrons. The molecule has 3 rings (SSSR count). The first kappa shape index (κ1) is 23.2. The number of rotatable bonds is 9. The highest BCUT2D eigenvalue weighted by molar-refractivity contribution is 6.03. The monoisotopic (exact) mass is 439 g/mol. The van der Waals surface area contributed by atoms with Crippen molar-refractivity contribution in [1.29, 1.82) is 0 Å². The number of methoxy groups -OCH3 is 4. The molecule has 32 heavy (non-hydrogen) atoms. The maximum atomic E-state index is 12.7. The molecule has 2 N–H and O–H groups in total. The van der Waals surface area contributed by atoms with Crippen LogP contribution in [-0.4, -0.2) is 39.5 Å². The first-order chi connectivity index (χ1) is 15.4. The SMILES string of the molecule is COc1ccc(OC)c2c(OC)c([C@@H](O)CC(=O)N[C@@H](C)c3ccccc3)cc(OC)c12. The predicted molar refractivity (Wildman–Crippen MR) is 123 cm³/mol. The molecule has 0 aliphatic heterocycles. The molecule has 3 aromatic carbocycles. The van der Waals surface area contributed by atoms with Gasteiger partial charge in [0.25, 0.3) is 0 Å². The highest BCUT2D eigenvalue weighted by Gasteiger charge is 2.26. The van der Waals surface area contributed by atoms with Crippen LogP contribution in [0.1, 0.15) is 36.6 Å². The first-order valence-electron chi connectivity index (χ1n) is 10.3. The zero-order valence-corrected chi connectivity index (χ0v) is 19.0. The summed E-state index contributed by atoms with van der Waals surface area (Å²) in [6.07, 6.45) is -1.27. The number of aliphatic hydroxyl groups is 1. The van der Waals surface area contributed by atoms with Crippen molar-refractivity contribution in [1.82, 2.24) is 5.32 Å². The molecule has 7 nitrogen and oxygen atoms in total. The van der Waals surface area contributed by atoms with Crippen molar-refractivity contribution in [2.24, 2.45) is 0 Å². The molecule has 7 heteroatoms. The van der Waals surface area contributed by atoms with Gasteiger partial charge in [-0.1, -0.05) is 30.3 Å². The number of hydrogen-bond donors (Lipinski definition) is 2. The molecule has 0 fully saturated rings. The van der Waals surface area contributed by atoms with Crippen LogP contribution < -0.4 is 24.3 Å². The van der Waals surface area contributed by atoms with Gasteiger partial charge in [-0.15, -0.1) is 0 Å². The molecule has 0 heterocycles. The van der Waals surface area contributed by atoms with Crippen molar-refractivity contribution < 1.29 is 28.8 Å². The van der Waals surface area contributed by atoms with Crippen LogP contribution in [0.15, 0.2) is 48.5 Å². The van der Waals surface area contributed by atoms with E-state index in [0.717, 1.165) is 5.56 Å². The third-order valence-corrected chi connectivity index (χ3v) is 5.43. The van der Waals surface area contributed by atoms with Crippen molar-refractivity contribution in [3.8, 4) is 23.0 Å². The molecule has 0 aromatic heterocycles. The van der Waals surface area contributed by atoms with E-state index in [1.165, 1.54) is 14.2 Å². The van der Waals surface area contributed by atoms with E-state index in [-0.39, 0.29) is 18.4 Å². The van der Waals surface area contributed by atoms with Crippen LogP contribution in [0.2, 0.25) is 0 Å². The van der Waals surface area contributed by atoms with E-state index < -0.39 is 6.10 Å². The summed E-state index contributed by atoms with van der Waals surface area (Å²) in [7, 11) is 6.15. The number of benzene rings is 3. The van der Waals surface area contributed by atoms with Gasteiger partial charge >= 0.3 is 0 Å². The Kier molecular flexibility index (Phi) is 7.43. The highest BCUT2D eigenvalue weighted by Crippen LogP contribution is 2.48. The van der Waals surface area contributed by atoms with E-state index in [1.54, 1.807) is 32.4 Å². The number of hydrogen-bond acceptors (Lipinski definition) is 6. The van der Waals surface area contributed by atoms with E-state index in [4.69, 9.17) is 18.9 Å². The Balaban J connectivity index is 1.97. The molecule has 170 valence electrons. The van der Waals surface area contributed by atoms with Crippen LogP contribution in [0, 0.1) is 0 Å². The molecule has 1 amide bonds. The van der Waals surface area contributed by atoms with Crippen molar-refractivity contribution in [3.63, 3.8) is 0 Å². The minimum absolute atomic E-state index is 0.144. The molecular formula is C25H29NO6. The molecule has 2 atom stereocenters. The first-order valence-corrected chi connectivity index (χ1v) is 10.3. The fraction of sp³-hybridized carbons (Fsp3) is 0.320. The molecular weight excluding hydrogens is 410 g/mol. The number of fused-ring (bicyclic) bond motifs is 1. The molecule has 0 aliphatic rings. The quantitative estimate of drug-likeness (QED) is 0.520. The second kappa shape index (κ2) is 10.2. The fourth-order valence-electron chi connectivity index (χ4n) is 3.84. The molecule has 0 spiro atoms. The van der Waals surface area contributed by atoms with Crippen LogP contribution in [0.5, 0.6) is 23.0 Å². The van der Waals surface area contributed by atoms with Crippen molar-refractivity contribution in [3.05, 3.63) is 59.7 Å². The fourth-order valence-corrected chi connectivity index (χ4v) is 3.84. The largest absolute Gasteiger partial charge is 0.496 e. The van der Waals surface area contributed by atoms with Crippen molar-refractivity contribution in [2.45, 2.75) is 25.5 Å². The van der Waals surface area contributed by atoms with Crippen molar-refractivity contribution >= 4 is 16.7 Å². The van der Waals surface area contributed by atoms with Gasteiger partial charge in [0.15, 0.2) is 0 Å². The summed E-state index contributed by atoms with van der Waals surface area (Å²) < 4.78 is 22.3. The van der Waals surface area contributed by atoms with E-state index in [1.807, 2.05) is 37.3 Å². The normalized spacial score (nSPS) is 12.7. The highest BCUT2D eigenvalue weighted by atomic mass is 16.5. The second-order valence-electron chi connectivity index (χ2n) is 7.34. The second-order valence-corrected chi connectivity index (χ2v) is 7.34. The number of aliphatic hydroxyl groups excluding tert-OH is 1. The third-order valence-electron chi connectivity index (χ3n) is 5.43. The number of carbonyl (C=O) groups excluding carboxylic acids is 1. The van der Waals surface area contributed by atoms with Gasteiger partial charge in [0.2, 0.25) is 5.91 Å². The maximum absolute atomic E-state index is 12.7. The van der Waals surface area contributed by atoms with Crippen LogP contribution in [-0.2, 0) is 4.79 Å². The van der Waals surface area contributed by atoms with Crippen LogP contribution in [0.4, 0.5) is 0 Å². The lowest BCUT2D eigenvalue weighted by atomic mass is 9.97. The summed E-state index contributed by atoms with van der Waals surface area (Å²) in [6, 6.07) is 14.7. The Morgan fingerprint density at radius 1 is 0.875 bits per heavy atom. The van der Waals surface area contributed by atoms with Gasteiger partial charge in [-0.3, -0.25) is 4.79 Å². The molecule has 3 aromatic rings. The maximum Gasteiger partial charge on any atom is 0.223 e. The Labute approximate surface area is 187 Å². The van der Waals surface area contributed by atoms with Gasteiger partial charge in [-0.05, 0) is 30.7 Å². The Morgan fingerprint density at radius 3 is 2.03 bits per heavy atom. The Morgan fingerprint density at radius 2 is 1.47 bits per heavy atom. The Hall–Kier alpha value is -3.45. The van der Waals surface area contributed by atoms with E-state index in [2.05, 4.69) is 5.32 Å². The Bertz CT molecular complexity index is 1080. The molecule has 0 bridgehead atoms.